The van der Waals surface area contributed by atoms with Crippen molar-refractivity contribution in [1.29, 1.82) is 0 Å². The molecule has 2 nitrogen and oxygen atoms in total. The van der Waals surface area contributed by atoms with Crippen molar-refractivity contribution in [3.63, 3.8) is 0 Å². The molecule has 3 heteroatoms. The van der Waals surface area contributed by atoms with Crippen LogP contribution in [0.25, 0.3) is 0 Å². The molecule has 1 N–H and O–H groups in total. The van der Waals surface area contributed by atoms with Crippen molar-refractivity contribution in [2.75, 3.05) is 26.7 Å². The summed E-state index contributed by atoms with van der Waals surface area (Å²) in [5.74, 6) is 0.724. The predicted molar refractivity (Wildman–Crippen MR) is 96.2 cm³/mol. The molecule has 0 spiro atoms. The highest BCUT2D eigenvalue weighted by molar-refractivity contribution is 7.09. The van der Waals surface area contributed by atoms with E-state index in [-0.39, 0.29) is 0 Å². The van der Waals surface area contributed by atoms with E-state index in [0.717, 1.165) is 32.0 Å². The maximum absolute atomic E-state index is 3.64. The standard InChI is InChI=1S/C18H34N2S/c1-7-18(5,13-19-12-15(2)3)14-20(6)16(4)11-17-9-8-10-21-17/h8-10,15-16,19H,7,11-14H2,1-6H3. The van der Waals surface area contributed by atoms with Crippen molar-refractivity contribution >= 4 is 11.3 Å². The summed E-state index contributed by atoms with van der Waals surface area (Å²) in [6.07, 6.45) is 2.38. The summed E-state index contributed by atoms with van der Waals surface area (Å²) in [6.45, 7) is 15.0. The van der Waals surface area contributed by atoms with Gasteiger partial charge in [0.2, 0.25) is 0 Å². The predicted octanol–water partition coefficient (Wildman–Crippen LogP) is 4.27. The lowest BCUT2D eigenvalue weighted by molar-refractivity contribution is 0.146. The molecule has 0 saturated heterocycles. The molecule has 0 aliphatic heterocycles. The van der Waals surface area contributed by atoms with E-state index in [2.05, 4.69) is 69.4 Å². The van der Waals surface area contributed by atoms with Crippen LogP contribution in [0.2, 0.25) is 0 Å². The largest absolute Gasteiger partial charge is 0.316 e. The first-order valence-electron chi connectivity index (χ1n) is 8.29. The van der Waals surface area contributed by atoms with Crippen molar-refractivity contribution in [1.82, 2.24) is 10.2 Å². The fourth-order valence-corrected chi connectivity index (χ4v) is 3.42. The Labute approximate surface area is 135 Å². The molecule has 0 amide bonds. The van der Waals surface area contributed by atoms with Crippen LogP contribution in [0, 0.1) is 11.3 Å². The summed E-state index contributed by atoms with van der Waals surface area (Å²) in [5.41, 5.74) is 0.355. The van der Waals surface area contributed by atoms with Crippen LogP contribution in [0.5, 0.6) is 0 Å². The normalized spacial score (nSPS) is 16.4. The molecule has 0 aliphatic rings. The first-order chi connectivity index (χ1) is 9.86. The van der Waals surface area contributed by atoms with Crippen LogP contribution in [0.3, 0.4) is 0 Å². The molecule has 0 bridgehead atoms. The van der Waals surface area contributed by atoms with Crippen LogP contribution in [0.4, 0.5) is 0 Å². The molecule has 122 valence electrons. The molecule has 1 rings (SSSR count). The highest BCUT2D eigenvalue weighted by Gasteiger charge is 2.25. The van der Waals surface area contributed by atoms with Crippen LogP contribution >= 0.6 is 11.3 Å². The van der Waals surface area contributed by atoms with E-state index in [1.807, 2.05) is 11.3 Å². The first kappa shape index (κ1) is 18.7. The van der Waals surface area contributed by atoms with Crippen LogP contribution in [-0.4, -0.2) is 37.6 Å². The minimum Gasteiger partial charge on any atom is -0.316 e. The van der Waals surface area contributed by atoms with Gasteiger partial charge < -0.3 is 10.2 Å². The zero-order chi connectivity index (χ0) is 15.9. The van der Waals surface area contributed by atoms with Crippen LogP contribution in [-0.2, 0) is 6.42 Å². The van der Waals surface area contributed by atoms with Gasteiger partial charge in [0.25, 0.3) is 0 Å². The lowest BCUT2D eigenvalue weighted by Crippen LogP contribution is -2.44. The molecule has 0 radical (unpaired) electrons. The zero-order valence-electron chi connectivity index (χ0n) is 14.8. The summed E-state index contributed by atoms with van der Waals surface area (Å²) in [5, 5.41) is 5.82. The Morgan fingerprint density at radius 1 is 1.33 bits per heavy atom. The molecular formula is C18H34N2S. The van der Waals surface area contributed by atoms with E-state index in [0.29, 0.717) is 11.5 Å². The number of rotatable bonds is 10. The van der Waals surface area contributed by atoms with E-state index >= 15 is 0 Å². The number of hydrogen-bond acceptors (Lipinski definition) is 3. The van der Waals surface area contributed by atoms with Gasteiger partial charge in [-0.3, -0.25) is 0 Å². The third-order valence-corrected chi connectivity index (χ3v) is 5.32. The fourth-order valence-electron chi connectivity index (χ4n) is 2.59. The third kappa shape index (κ3) is 6.94. The third-order valence-electron chi connectivity index (χ3n) is 4.42. The van der Waals surface area contributed by atoms with Gasteiger partial charge in [-0.2, -0.15) is 0 Å². The molecule has 1 aromatic rings. The van der Waals surface area contributed by atoms with Crippen molar-refractivity contribution in [2.24, 2.45) is 11.3 Å². The first-order valence-corrected chi connectivity index (χ1v) is 9.17. The molecule has 1 heterocycles. The average Bonchev–Trinajstić information content (AvgIpc) is 2.91. The van der Waals surface area contributed by atoms with Crippen molar-refractivity contribution in [3.8, 4) is 0 Å². The monoisotopic (exact) mass is 310 g/mol. The van der Waals surface area contributed by atoms with Gasteiger partial charge in [-0.15, -0.1) is 11.3 Å². The molecule has 2 atom stereocenters. The molecule has 0 fully saturated rings. The fraction of sp³-hybridized carbons (Fsp3) is 0.778. The number of nitrogens with zero attached hydrogens (tertiary/aromatic N) is 1. The van der Waals surface area contributed by atoms with Crippen LogP contribution < -0.4 is 5.32 Å². The maximum atomic E-state index is 3.64. The van der Waals surface area contributed by atoms with Crippen molar-refractivity contribution in [3.05, 3.63) is 22.4 Å². The van der Waals surface area contributed by atoms with Crippen LogP contribution in [0.15, 0.2) is 17.5 Å². The Hall–Kier alpha value is -0.380. The van der Waals surface area contributed by atoms with Gasteiger partial charge in [-0.05, 0) is 56.1 Å². The van der Waals surface area contributed by atoms with Crippen LogP contribution in [0.1, 0.15) is 45.9 Å². The van der Waals surface area contributed by atoms with Gasteiger partial charge in [-0.1, -0.05) is 33.8 Å². The highest BCUT2D eigenvalue weighted by Crippen LogP contribution is 2.23. The minimum absolute atomic E-state index is 0.355. The lowest BCUT2D eigenvalue weighted by atomic mass is 9.86. The van der Waals surface area contributed by atoms with Gasteiger partial charge in [0.1, 0.15) is 0 Å². The number of thiophene rings is 1. The molecule has 0 aromatic carbocycles. The van der Waals surface area contributed by atoms with E-state index in [1.165, 1.54) is 11.3 Å². The smallest absolute Gasteiger partial charge is 0.0112 e. The van der Waals surface area contributed by atoms with E-state index in [9.17, 15) is 0 Å². The summed E-state index contributed by atoms with van der Waals surface area (Å²) >= 11 is 1.87. The van der Waals surface area contributed by atoms with Gasteiger partial charge >= 0.3 is 0 Å². The highest BCUT2D eigenvalue weighted by atomic mass is 32.1. The molecule has 21 heavy (non-hydrogen) atoms. The topological polar surface area (TPSA) is 15.3 Å². The molecule has 2 unspecified atom stereocenters. The second-order valence-electron chi connectivity index (χ2n) is 7.24. The summed E-state index contributed by atoms with van der Waals surface area (Å²) in [6, 6.07) is 5.00. The maximum Gasteiger partial charge on any atom is 0.0112 e. The molecule has 0 aliphatic carbocycles. The quantitative estimate of drug-likeness (QED) is 0.694. The Morgan fingerprint density at radius 2 is 2.05 bits per heavy atom. The number of nitrogens with one attached hydrogen (secondary N) is 1. The second-order valence-corrected chi connectivity index (χ2v) is 8.27. The van der Waals surface area contributed by atoms with Crippen molar-refractivity contribution in [2.45, 2.75) is 53.5 Å². The Morgan fingerprint density at radius 3 is 2.57 bits per heavy atom. The zero-order valence-corrected chi connectivity index (χ0v) is 15.6. The second kappa shape index (κ2) is 8.92. The summed E-state index contributed by atoms with van der Waals surface area (Å²) in [7, 11) is 2.27. The number of hydrogen-bond donors (Lipinski definition) is 1. The summed E-state index contributed by atoms with van der Waals surface area (Å²) < 4.78 is 0. The Kier molecular flexibility index (Phi) is 7.93. The minimum atomic E-state index is 0.355. The van der Waals surface area contributed by atoms with Crippen molar-refractivity contribution < 1.29 is 0 Å². The molecule has 0 saturated carbocycles. The van der Waals surface area contributed by atoms with Gasteiger partial charge in [0, 0.05) is 24.0 Å². The molecule has 1 aromatic heterocycles. The summed E-state index contributed by atoms with van der Waals surface area (Å²) in [4.78, 5) is 4.02. The van der Waals surface area contributed by atoms with Gasteiger partial charge in [-0.25, -0.2) is 0 Å². The van der Waals surface area contributed by atoms with Gasteiger partial charge in [0.05, 0.1) is 0 Å². The van der Waals surface area contributed by atoms with E-state index in [1.54, 1.807) is 0 Å². The average molecular weight is 311 g/mol. The van der Waals surface area contributed by atoms with Gasteiger partial charge in [0.15, 0.2) is 0 Å². The number of likely N-dealkylation sites (N-methyl/N-ethyl adjacent to an activating group) is 1. The SMILES string of the molecule is CCC(C)(CNCC(C)C)CN(C)C(C)Cc1cccs1. The van der Waals surface area contributed by atoms with E-state index < -0.39 is 0 Å². The van der Waals surface area contributed by atoms with E-state index in [4.69, 9.17) is 0 Å². The lowest BCUT2D eigenvalue weighted by Gasteiger charge is -2.36. The Bertz CT molecular complexity index is 375. The Balaban J connectivity index is 2.46. The molecular weight excluding hydrogens is 276 g/mol.